The first-order chi connectivity index (χ1) is 17.2. The molecule has 5 N–H and O–H groups in total. The molecule has 0 bridgehead atoms. The largest absolute Gasteiger partial charge is 0.432 e. The van der Waals surface area contributed by atoms with Crippen LogP contribution in [0.2, 0.25) is 0 Å². The number of nitrogens with zero attached hydrogens (tertiary/aromatic N) is 4. The molecule has 1 aromatic heterocycles. The number of carbonyl (C=O) groups excluding carboxylic acids is 2. The van der Waals surface area contributed by atoms with E-state index in [1.165, 1.54) is 18.2 Å². The number of hydrogen-bond donors (Lipinski definition) is 3. The van der Waals surface area contributed by atoms with Crippen LogP contribution < -0.4 is 21.7 Å². The van der Waals surface area contributed by atoms with E-state index in [9.17, 15) is 22.8 Å². The summed E-state index contributed by atoms with van der Waals surface area (Å²) >= 11 is 0. The highest BCUT2D eigenvalue weighted by atomic mass is 19.3. The summed E-state index contributed by atoms with van der Waals surface area (Å²) in [4.78, 5) is 28.8. The Kier molecular flexibility index (Phi) is 7.48. The van der Waals surface area contributed by atoms with E-state index in [1.54, 1.807) is 20.5 Å². The smallest absolute Gasteiger partial charge is 0.387 e. The Bertz CT molecular complexity index is 1190. The number of hydrogen-bond acceptors (Lipinski definition) is 7. The van der Waals surface area contributed by atoms with Crippen LogP contribution in [0.4, 0.5) is 13.2 Å². The maximum Gasteiger partial charge on any atom is 0.387 e. The molecule has 2 aliphatic heterocycles. The number of amides is 2. The summed E-state index contributed by atoms with van der Waals surface area (Å²) in [7, 11) is 0. The highest BCUT2D eigenvalue weighted by Gasteiger charge is 2.26. The van der Waals surface area contributed by atoms with Gasteiger partial charge in [0, 0.05) is 55.6 Å². The second-order valence-electron chi connectivity index (χ2n) is 8.35. The molecule has 0 unspecified atom stereocenters. The summed E-state index contributed by atoms with van der Waals surface area (Å²) in [6, 6.07) is 5.20. The number of fused-ring (bicyclic) bond motifs is 1. The number of aromatic nitrogens is 2. The number of ether oxygens (including phenoxy) is 1. The second-order valence-corrected chi connectivity index (χ2v) is 8.35. The molecular formula is C23H26F3N7O3. The lowest BCUT2D eigenvalue weighted by atomic mass is 10.1. The molecule has 0 fully saturated rings. The van der Waals surface area contributed by atoms with Crippen LogP contribution in [-0.4, -0.2) is 64.2 Å². The number of nitrogens with two attached hydrogens (primary N) is 2. The van der Waals surface area contributed by atoms with Gasteiger partial charge in [0.1, 0.15) is 0 Å². The van der Waals surface area contributed by atoms with Gasteiger partial charge in [0.2, 0.25) is 5.91 Å². The van der Waals surface area contributed by atoms with E-state index in [2.05, 4.69) is 15.3 Å². The molecule has 3 heterocycles. The van der Waals surface area contributed by atoms with Gasteiger partial charge in [-0.25, -0.2) is 4.39 Å². The molecule has 2 aliphatic rings. The van der Waals surface area contributed by atoms with Crippen LogP contribution >= 0.6 is 0 Å². The van der Waals surface area contributed by atoms with Crippen molar-refractivity contribution in [3.63, 3.8) is 0 Å². The van der Waals surface area contributed by atoms with Crippen LogP contribution in [0.15, 0.2) is 41.7 Å². The second kappa shape index (κ2) is 10.7. The Hall–Kier alpha value is -4.00. The Morgan fingerprint density at radius 3 is 2.58 bits per heavy atom. The van der Waals surface area contributed by atoms with Crippen molar-refractivity contribution in [1.29, 1.82) is 0 Å². The predicted octanol–water partition coefficient (Wildman–Crippen LogP) is 1.20. The highest BCUT2D eigenvalue weighted by molar-refractivity contribution is 5.93. The van der Waals surface area contributed by atoms with E-state index in [1.807, 2.05) is 0 Å². The van der Waals surface area contributed by atoms with Crippen molar-refractivity contribution in [3.05, 3.63) is 64.5 Å². The minimum atomic E-state index is -3.13. The third-order valence-corrected chi connectivity index (χ3v) is 6.05. The van der Waals surface area contributed by atoms with Crippen LogP contribution in [-0.2, 0) is 17.8 Å². The molecule has 2 aromatic rings. The molecule has 10 nitrogen and oxygen atoms in total. The monoisotopic (exact) mass is 505 g/mol. The molecule has 1 aromatic carbocycles. The fourth-order valence-corrected chi connectivity index (χ4v) is 4.12. The first kappa shape index (κ1) is 25.1. The van der Waals surface area contributed by atoms with E-state index < -0.39 is 18.2 Å². The summed E-state index contributed by atoms with van der Waals surface area (Å²) in [6.45, 7) is -1.21. The van der Waals surface area contributed by atoms with Gasteiger partial charge in [0.05, 0.1) is 13.1 Å². The Morgan fingerprint density at radius 2 is 1.89 bits per heavy atom. The zero-order chi connectivity index (χ0) is 25.8. The van der Waals surface area contributed by atoms with Gasteiger partial charge in [0.15, 0.2) is 17.3 Å². The van der Waals surface area contributed by atoms with Crippen molar-refractivity contribution in [3.8, 4) is 5.75 Å². The van der Waals surface area contributed by atoms with E-state index in [-0.39, 0.29) is 18.4 Å². The molecule has 36 heavy (non-hydrogen) atoms. The number of alkyl halides is 2. The lowest BCUT2D eigenvalue weighted by molar-refractivity contribution is -0.125. The molecule has 0 saturated heterocycles. The number of rotatable bonds is 6. The van der Waals surface area contributed by atoms with Crippen LogP contribution in [0, 0.1) is 5.82 Å². The summed E-state index contributed by atoms with van der Waals surface area (Å²) in [5.74, 6) is 3.41. The minimum absolute atomic E-state index is 0.220. The van der Waals surface area contributed by atoms with Crippen molar-refractivity contribution >= 4 is 17.9 Å². The van der Waals surface area contributed by atoms with Crippen LogP contribution in [0.1, 0.15) is 28.2 Å². The van der Waals surface area contributed by atoms with Gasteiger partial charge in [0.25, 0.3) is 5.91 Å². The molecule has 192 valence electrons. The molecule has 2 amide bonds. The maximum absolute atomic E-state index is 13.9. The maximum atomic E-state index is 13.9. The molecule has 0 aliphatic carbocycles. The van der Waals surface area contributed by atoms with E-state index in [4.69, 9.17) is 11.6 Å². The van der Waals surface area contributed by atoms with E-state index in [0.29, 0.717) is 56.0 Å². The number of hydrazine groups is 1. The molecule has 0 spiro atoms. The van der Waals surface area contributed by atoms with Gasteiger partial charge in [-0.3, -0.25) is 20.1 Å². The third kappa shape index (κ3) is 5.62. The van der Waals surface area contributed by atoms with Gasteiger partial charge in [-0.05, 0) is 29.8 Å². The molecular weight excluding hydrogens is 479 g/mol. The van der Waals surface area contributed by atoms with Gasteiger partial charge in [-0.15, -0.1) is 0 Å². The lowest BCUT2D eigenvalue weighted by Gasteiger charge is -2.28. The van der Waals surface area contributed by atoms with Crippen molar-refractivity contribution in [1.82, 2.24) is 25.0 Å². The molecule has 0 saturated carbocycles. The van der Waals surface area contributed by atoms with Gasteiger partial charge in [-0.1, -0.05) is 6.07 Å². The number of halogens is 3. The number of benzene rings is 1. The summed E-state index contributed by atoms with van der Waals surface area (Å²) in [5.41, 5.74) is 11.3. The third-order valence-electron chi connectivity index (χ3n) is 6.05. The van der Waals surface area contributed by atoms with Crippen molar-refractivity contribution < 1.29 is 27.5 Å². The predicted molar refractivity (Wildman–Crippen MR) is 124 cm³/mol. The number of nitrogens with one attached hydrogen (secondary N) is 1. The molecule has 0 atom stereocenters. The normalized spacial score (nSPS) is 16.4. The SMILES string of the molecule is NNC1=C(N)CN(C(=O)c2cc3n(n2)CCN(C(=O)/C=C/c2ccc(OC(F)F)c(F)c2)CC3)CC1. The Balaban J connectivity index is 1.35. The zero-order valence-electron chi connectivity index (χ0n) is 19.3. The molecule has 4 rings (SSSR count). The summed E-state index contributed by atoms with van der Waals surface area (Å²) < 4.78 is 44.2. The van der Waals surface area contributed by atoms with Gasteiger partial charge in [-0.2, -0.15) is 13.9 Å². The topological polar surface area (TPSA) is 132 Å². The lowest BCUT2D eigenvalue weighted by Crippen LogP contribution is -2.42. The fourth-order valence-electron chi connectivity index (χ4n) is 4.12. The first-order valence-electron chi connectivity index (χ1n) is 11.3. The van der Waals surface area contributed by atoms with Crippen molar-refractivity contribution in [2.75, 3.05) is 26.2 Å². The summed E-state index contributed by atoms with van der Waals surface area (Å²) in [5, 5.41) is 4.44. The van der Waals surface area contributed by atoms with Crippen molar-refractivity contribution in [2.45, 2.75) is 26.0 Å². The van der Waals surface area contributed by atoms with Crippen LogP contribution in [0.25, 0.3) is 6.08 Å². The fraction of sp³-hybridized carbons (Fsp3) is 0.348. The quantitative estimate of drug-likeness (QED) is 0.305. The minimum Gasteiger partial charge on any atom is -0.432 e. The van der Waals surface area contributed by atoms with E-state index >= 15 is 0 Å². The average molecular weight is 506 g/mol. The molecule has 0 radical (unpaired) electrons. The average Bonchev–Trinajstić information content (AvgIpc) is 3.16. The van der Waals surface area contributed by atoms with Gasteiger partial charge < -0.3 is 25.7 Å². The summed E-state index contributed by atoms with van der Waals surface area (Å²) in [6.07, 6.45) is 3.73. The highest BCUT2D eigenvalue weighted by Crippen LogP contribution is 2.21. The van der Waals surface area contributed by atoms with E-state index in [0.717, 1.165) is 23.5 Å². The Morgan fingerprint density at radius 1 is 1.11 bits per heavy atom. The van der Waals surface area contributed by atoms with Crippen molar-refractivity contribution in [2.24, 2.45) is 11.6 Å². The zero-order valence-corrected chi connectivity index (χ0v) is 19.3. The Labute approximate surface area is 204 Å². The molecule has 13 heteroatoms. The van der Waals surface area contributed by atoms with Gasteiger partial charge >= 0.3 is 6.61 Å². The van der Waals surface area contributed by atoms with Crippen LogP contribution in [0.3, 0.4) is 0 Å². The first-order valence-corrected chi connectivity index (χ1v) is 11.3. The standard InChI is InChI=1S/C23H26F3N7O3/c24-16-11-14(1-3-20(16)36-23(25)26)2-4-21(34)31-7-5-15-12-19(30-33(15)10-9-31)22(35)32-8-6-18(29-28)17(27)13-32/h1-4,11-12,23,29H,5-10,13,27-28H2/b4-2+. The van der Waals surface area contributed by atoms with Crippen LogP contribution in [0.5, 0.6) is 5.75 Å². The number of carbonyl (C=O) groups is 2.